The van der Waals surface area contributed by atoms with Crippen LogP contribution in [0, 0.1) is 0 Å². The van der Waals surface area contributed by atoms with Gasteiger partial charge in [-0.3, -0.25) is 0 Å². The largest absolute Gasteiger partial charge is 0.469 e. The lowest BCUT2D eigenvalue weighted by atomic mass is 10.1. The van der Waals surface area contributed by atoms with Crippen LogP contribution in [0.3, 0.4) is 0 Å². The second kappa shape index (κ2) is 4.16. The summed E-state index contributed by atoms with van der Waals surface area (Å²) in [4.78, 5) is 0. The first kappa shape index (κ1) is 8.30. The Labute approximate surface area is 65.8 Å². The molecule has 0 amide bonds. The van der Waals surface area contributed by atoms with E-state index in [1.165, 1.54) is 0 Å². The molecule has 0 saturated carbocycles. The van der Waals surface area contributed by atoms with Crippen LogP contribution in [-0.4, -0.2) is 17.8 Å². The lowest BCUT2D eigenvalue weighted by Gasteiger charge is -2.05. The van der Waals surface area contributed by atoms with Gasteiger partial charge in [0.1, 0.15) is 5.76 Å². The number of hydrogen-bond donors (Lipinski definition) is 2. The first-order valence-corrected chi connectivity index (χ1v) is 3.73. The van der Waals surface area contributed by atoms with Gasteiger partial charge in [0, 0.05) is 6.42 Å². The topological polar surface area (TPSA) is 59.4 Å². The molecule has 0 saturated heterocycles. The number of aliphatic hydroxyl groups is 1. The van der Waals surface area contributed by atoms with Gasteiger partial charge in [-0.15, -0.1) is 0 Å². The van der Waals surface area contributed by atoms with E-state index in [1.54, 1.807) is 6.26 Å². The van der Waals surface area contributed by atoms with Gasteiger partial charge in [0.15, 0.2) is 0 Å². The van der Waals surface area contributed by atoms with Crippen molar-refractivity contribution < 1.29 is 9.52 Å². The van der Waals surface area contributed by atoms with E-state index in [4.69, 9.17) is 10.2 Å². The summed E-state index contributed by atoms with van der Waals surface area (Å²) in [6, 6.07) is 3.66. The van der Waals surface area contributed by atoms with Crippen molar-refractivity contribution in [2.24, 2.45) is 5.73 Å². The predicted octanol–water partition coefficient (Wildman–Crippen LogP) is 0.532. The van der Waals surface area contributed by atoms with Gasteiger partial charge in [0.2, 0.25) is 0 Å². The summed E-state index contributed by atoms with van der Waals surface area (Å²) in [5.74, 6) is 0.811. The van der Waals surface area contributed by atoms with Crippen LogP contribution < -0.4 is 5.73 Å². The van der Waals surface area contributed by atoms with E-state index in [0.717, 1.165) is 5.76 Å². The van der Waals surface area contributed by atoms with Crippen molar-refractivity contribution in [2.45, 2.75) is 18.9 Å². The first-order valence-electron chi connectivity index (χ1n) is 3.73. The average molecular weight is 155 g/mol. The SMILES string of the molecule is NCCC(O)Cc1ccco1. The highest BCUT2D eigenvalue weighted by atomic mass is 16.3. The van der Waals surface area contributed by atoms with Gasteiger partial charge < -0.3 is 15.3 Å². The molecule has 0 radical (unpaired) electrons. The van der Waals surface area contributed by atoms with Crippen molar-refractivity contribution in [1.29, 1.82) is 0 Å². The third-order valence-electron chi connectivity index (χ3n) is 1.52. The Morgan fingerprint density at radius 3 is 3.00 bits per heavy atom. The van der Waals surface area contributed by atoms with Crippen LogP contribution in [0.25, 0.3) is 0 Å². The molecule has 1 rings (SSSR count). The Balaban J connectivity index is 2.31. The van der Waals surface area contributed by atoms with E-state index >= 15 is 0 Å². The highest BCUT2D eigenvalue weighted by Crippen LogP contribution is 2.05. The van der Waals surface area contributed by atoms with Crippen LogP contribution in [0.1, 0.15) is 12.2 Å². The molecule has 0 aliphatic rings. The van der Waals surface area contributed by atoms with Gasteiger partial charge >= 0.3 is 0 Å². The normalized spacial score (nSPS) is 13.3. The van der Waals surface area contributed by atoms with Gasteiger partial charge in [-0.25, -0.2) is 0 Å². The van der Waals surface area contributed by atoms with Crippen molar-refractivity contribution in [1.82, 2.24) is 0 Å². The molecular weight excluding hydrogens is 142 g/mol. The summed E-state index contributed by atoms with van der Waals surface area (Å²) >= 11 is 0. The molecule has 0 aliphatic carbocycles. The van der Waals surface area contributed by atoms with Gasteiger partial charge in [0.25, 0.3) is 0 Å². The summed E-state index contributed by atoms with van der Waals surface area (Å²) in [5, 5.41) is 9.28. The maximum absolute atomic E-state index is 9.28. The van der Waals surface area contributed by atoms with Gasteiger partial charge in [-0.05, 0) is 25.1 Å². The molecule has 0 spiro atoms. The van der Waals surface area contributed by atoms with Crippen LogP contribution in [0.5, 0.6) is 0 Å². The van der Waals surface area contributed by atoms with E-state index in [1.807, 2.05) is 12.1 Å². The van der Waals surface area contributed by atoms with E-state index in [9.17, 15) is 5.11 Å². The highest BCUT2D eigenvalue weighted by molar-refractivity contribution is 4.99. The standard InChI is InChI=1S/C8H13NO2/c9-4-3-7(10)6-8-2-1-5-11-8/h1-2,5,7,10H,3-4,6,9H2. The molecule has 3 heteroatoms. The fourth-order valence-electron chi connectivity index (χ4n) is 0.955. The molecule has 1 atom stereocenters. The van der Waals surface area contributed by atoms with E-state index in [2.05, 4.69) is 0 Å². The van der Waals surface area contributed by atoms with E-state index in [-0.39, 0.29) is 6.10 Å². The fraction of sp³-hybridized carbons (Fsp3) is 0.500. The minimum atomic E-state index is -0.369. The monoisotopic (exact) mass is 155 g/mol. The molecule has 11 heavy (non-hydrogen) atoms. The lowest BCUT2D eigenvalue weighted by molar-refractivity contribution is 0.160. The van der Waals surface area contributed by atoms with Crippen LogP contribution in [-0.2, 0) is 6.42 Å². The number of aliphatic hydroxyl groups excluding tert-OH is 1. The van der Waals surface area contributed by atoms with Crippen molar-refractivity contribution in [3.05, 3.63) is 24.2 Å². The van der Waals surface area contributed by atoms with Crippen LogP contribution >= 0.6 is 0 Å². The minimum absolute atomic E-state index is 0.369. The first-order chi connectivity index (χ1) is 5.33. The molecule has 62 valence electrons. The molecule has 0 fully saturated rings. The number of furan rings is 1. The zero-order chi connectivity index (χ0) is 8.10. The summed E-state index contributed by atoms with van der Waals surface area (Å²) in [6.07, 6.45) is 2.42. The lowest BCUT2D eigenvalue weighted by Crippen LogP contribution is -2.15. The Hall–Kier alpha value is -0.800. The maximum Gasteiger partial charge on any atom is 0.106 e. The predicted molar refractivity (Wildman–Crippen MR) is 42.1 cm³/mol. The molecule has 3 N–H and O–H groups in total. The van der Waals surface area contributed by atoms with Crippen LogP contribution in [0.4, 0.5) is 0 Å². The second-order valence-electron chi connectivity index (χ2n) is 2.51. The second-order valence-corrected chi connectivity index (χ2v) is 2.51. The number of hydrogen-bond acceptors (Lipinski definition) is 3. The molecule has 1 aromatic rings. The van der Waals surface area contributed by atoms with E-state index in [0.29, 0.717) is 19.4 Å². The summed E-state index contributed by atoms with van der Waals surface area (Å²) < 4.78 is 5.05. The van der Waals surface area contributed by atoms with E-state index < -0.39 is 0 Å². The fourth-order valence-corrected chi connectivity index (χ4v) is 0.955. The van der Waals surface area contributed by atoms with Gasteiger partial charge in [-0.2, -0.15) is 0 Å². The zero-order valence-electron chi connectivity index (χ0n) is 6.36. The zero-order valence-corrected chi connectivity index (χ0v) is 6.36. The molecule has 0 aromatic carbocycles. The summed E-state index contributed by atoms with van der Waals surface area (Å²) in [7, 11) is 0. The van der Waals surface area contributed by atoms with Gasteiger partial charge in [0.05, 0.1) is 12.4 Å². The van der Waals surface area contributed by atoms with Crippen molar-refractivity contribution in [3.8, 4) is 0 Å². The third-order valence-corrected chi connectivity index (χ3v) is 1.52. The molecule has 0 bridgehead atoms. The molecule has 1 aromatic heterocycles. The molecule has 1 unspecified atom stereocenters. The smallest absolute Gasteiger partial charge is 0.106 e. The van der Waals surface area contributed by atoms with Crippen LogP contribution in [0.2, 0.25) is 0 Å². The average Bonchev–Trinajstić information content (AvgIpc) is 2.40. The van der Waals surface area contributed by atoms with Crippen LogP contribution in [0.15, 0.2) is 22.8 Å². The Kier molecular flexibility index (Phi) is 3.14. The Morgan fingerprint density at radius 2 is 2.45 bits per heavy atom. The van der Waals surface area contributed by atoms with Gasteiger partial charge in [-0.1, -0.05) is 0 Å². The Morgan fingerprint density at radius 1 is 1.64 bits per heavy atom. The summed E-state index contributed by atoms with van der Waals surface area (Å²) in [5.41, 5.74) is 5.27. The number of rotatable bonds is 4. The maximum atomic E-state index is 9.28. The quantitative estimate of drug-likeness (QED) is 0.666. The van der Waals surface area contributed by atoms with Crippen molar-refractivity contribution in [3.63, 3.8) is 0 Å². The minimum Gasteiger partial charge on any atom is -0.469 e. The van der Waals surface area contributed by atoms with Crippen molar-refractivity contribution in [2.75, 3.05) is 6.54 Å². The number of nitrogens with two attached hydrogens (primary N) is 1. The molecule has 0 aliphatic heterocycles. The molecule has 3 nitrogen and oxygen atoms in total. The summed E-state index contributed by atoms with van der Waals surface area (Å²) in [6.45, 7) is 0.516. The van der Waals surface area contributed by atoms with Crippen molar-refractivity contribution >= 4 is 0 Å². The third kappa shape index (κ3) is 2.74. The molecular formula is C8H13NO2. The highest BCUT2D eigenvalue weighted by Gasteiger charge is 2.05. The molecule has 1 heterocycles. The Bertz CT molecular complexity index is 184.